The van der Waals surface area contributed by atoms with Crippen molar-refractivity contribution >= 4 is 13.7 Å². The van der Waals surface area contributed by atoms with E-state index >= 15 is 0 Å². The largest absolute Gasteiger partial charge is 0.394 e. The molecule has 0 aliphatic heterocycles. The van der Waals surface area contributed by atoms with Crippen LogP contribution in [0.3, 0.4) is 0 Å². The fourth-order valence-corrected chi connectivity index (χ4v) is 7.48. The Morgan fingerprint density at radius 1 is 1.00 bits per heavy atom. The van der Waals surface area contributed by atoms with Crippen molar-refractivity contribution in [1.82, 2.24) is 0 Å². The van der Waals surface area contributed by atoms with Crippen LogP contribution in [0.2, 0.25) is 5.54 Å². The lowest BCUT2D eigenvalue weighted by atomic mass is 10.1. The Balaban J connectivity index is 1.99. The third-order valence-corrected chi connectivity index (χ3v) is 8.54. The van der Waals surface area contributed by atoms with Gasteiger partial charge in [-0.1, -0.05) is 42.5 Å². The molecule has 0 saturated heterocycles. The van der Waals surface area contributed by atoms with Gasteiger partial charge in [-0.05, 0) is 29.9 Å². The first-order valence-corrected chi connectivity index (χ1v) is 8.53. The van der Waals surface area contributed by atoms with Crippen LogP contribution in [-0.4, -0.2) is 22.8 Å². The zero-order valence-corrected chi connectivity index (χ0v) is 12.0. The maximum Gasteiger partial charge on any atom is 0.375 e. The normalized spacial score (nSPS) is 30.0. The molecule has 1 fully saturated rings. The topological polar surface area (TPSA) is 18.5 Å². The summed E-state index contributed by atoms with van der Waals surface area (Å²) in [4.78, 5) is 0. The highest BCUT2D eigenvalue weighted by molar-refractivity contribution is 6.82. The van der Waals surface area contributed by atoms with Gasteiger partial charge in [0.25, 0.3) is 0 Å². The summed E-state index contributed by atoms with van der Waals surface area (Å²) in [5.74, 6) is 1.41. The molecule has 18 heavy (non-hydrogen) atoms. The van der Waals surface area contributed by atoms with Crippen molar-refractivity contribution < 1.29 is 8.85 Å². The summed E-state index contributed by atoms with van der Waals surface area (Å²) >= 11 is 0. The minimum Gasteiger partial charge on any atom is -0.394 e. The van der Waals surface area contributed by atoms with E-state index in [1.54, 1.807) is 0 Å². The Bertz CT molecular complexity index is 439. The Morgan fingerprint density at radius 3 is 2.22 bits per heavy atom. The second-order valence-corrected chi connectivity index (χ2v) is 8.80. The highest BCUT2D eigenvalue weighted by Gasteiger charge is 2.54. The highest BCUT2D eigenvalue weighted by Crippen LogP contribution is 2.51. The summed E-state index contributed by atoms with van der Waals surface area (Å²) in [6.45, 7) is 0. The van der Waals surface area contributed by atoms with Crippen molar-refractivity contribution in [3.05, 3.63) is 42.5 Å². The Hall–Kier alpha value is -0.903. The molecule has 2 nitrogen and oxygen atoms in total. The lowest BCUT2D eigenvalue weighted by Gasteiger charge is -2.36. The number of benzene rings is 1. The summed E-state index contributed by atoms with van der Waals surface area (Å²) in [6.07, 6.45) is 7.27. The fraction of sp³-hybridized carbons (Fsp3) is 0.467. The van der Waals surface area contributed by atoms with Gasteiger partial charge in [0.05, 0.1) is 0 Å². The van der Waals surface area contributed by atoms with Crippen molar-refractivity contribution in [2.24, 2.45) is 11.8 Å². The van der Waals surface area contributed by atoms with Crippen LogP contribution in [0, 0.1) is 11.8 Å². The maximum absolute atomic E-state index is 5.99. The van der Waals surface area contributed by atoms with Gasteiger partial charge in [-0.2, -0.15) is 0 Å². The van der Waals surface area contributed by atoms with Crippen molar-refractivity contribution in [2.75, 3.05) is 14.2 Å². The Morgan fingerprint density at radius 2 is 1.72 bits per heavy atom. The average Bonchev–Trinajstić information content (AvgIpc) is 3.05. The first kappa shape index (κ1) is 12.1. The second kappa shape index (κ2) is 4.65. The van der Waals surface area contributed by atoms with Crippen molar-refractivity contribution in [1.29, 1.82) is 0 Å². The molecule has 3 rings (SSSR count). The highest BCUT2D eigenvalue weighted by atomic mass is 28.4. The minimum absolute atomic E-state index is 0.560. The van der Waals surface area contributed by atoms with E-state index in [0.717, 1.165) is 5.92 Å². The number of allylic oxidation sites excluding steroid dienone is 2. The molecule has 0 aromatic heterocycles. The summed E-state index contributed by atoms with van der Waals surface area (Å²) in [5, 5.41) is 1.26. The minimum atomic E-state index is -2.29. The predicted octanol–water partition coefficient (Wildman–Crippen LogP) is 2.59. The number of rotatable bonds is 4. The molecule has 0 radical (unpaired) electrons. The van der Waals surface area contributed by atoms with E-state index < -0.39 is 8.56 Å². The van der Waals surface area contributed by atoms with Crippen molar-refractivity contribution in [2.45, 2.75) is 18.4 Å². The fourth-order valence-electron chi connectivity index (χ4n) is 3.72. The molecule has 3 atom stereocenters. The lowest BCUT2D eigenvalue weighted by molar-refractivity contribution is 0.238. The van der Waals surface area contributed by atoms with E-state index in [0.29, 0.717) is 11.5 Å². The molecule has 2 bridgehead atoms. The molecule has 1 aromatic rings. The van der Waals surface area contributed by atoms with Crippen LogP contribution in [0.5, 0.6) is 0 Å². The van der Waals surface area contributed by atoms with Crippen molar-refractivity contribution in [3.8, 4) is 0 Å². The molecule has 0 N–H and O–H groups in total. The van der Waals surface area contributed by atoms with Crippen LogP contribution in [-0.2, 0) is 8.85 Å². The molecule has 0 spiro atoms. The van der Waals surface area contributed by atoms with E-state index in [9.17, 15) is 0 Å². The Labute approximate surface area is 110 Å². The van der Waals surface area contributed by atoms with Gasteiger partial charge in [0, 0.05) is 19.8 Å². The SMILES string of the molecule is CO[Si](OC)(c1ccccc1)C1CC2C=CC1C2. The second-order valence-electron chi connectivity index (χ2n) is 5.33. The monoisotopic (exact) mass is 260 g/mol. The molecule has 96 valence electrons. The smallest absolute Gasteiger partial charge is 0.375 e. The zero-order valence-electron chi connectivity index (χ0n) is 11.0. The third kappa shape index (κ3) is 1.69. The van der Waals surface area contributed by atoms with Gasteiger partial charge in [0.2, 0.25) is 0 Å². The van der Waals surface area contributed by atoms with Gasteiger partial charge in [0.1, 0.15) is 0 Å². The van der Waals surface area contributed by atoms with E-state index in [1.807, 2.05) is 14.2 Å². The van der Waals surface area contributed by atoms with Crippen LogP contribution >= 0.6 is 0 Å². The molecule has 3 unspecified atom stereocenters. The standard InChI is InChI=1S/C15H20O2Si/c1-16-18(17-2,14-6-4-3-5-7-14)15-11-12-8-9-13(15)10-12/h3-9,12-13,15H,10-11H2,1-2H3. The summed E-state index contributed by atoms with van der Waals surface area (Å²) < 4.78 is 12.0. The molecular weight excluding hydrogens is 240 g/mol. The van der Waals surface area contributed by atoms with E-state index in [-0.39, 0.29) is 0 Å². The predicted molar refractivity (Wildman–Crippen MR) is 75.0 cm³/mol. The zero-order chi connectivity index (χ0) is 12.6. The summed E-state index contributed by atoms with van der Waals surface area (Å²) in [7, 11) is 1.34. The molecule has 2 aliphatic carbocycles. The molecule has 0 heterocycles. The van der Waals surface area contributed by atoms with Gasteiger partial charge in [-0.15, -0.1) is 0 Å². The van der Waals surface area contributed by atoms with Gasteiger partial charge in [-0.3, -0.25) is 0 Å². The van der Waals surface area contributed by atoms with E-state index in [1.165, 1.54) is 18.0 Å². The molecule has 2 aliphatic rings. The first-order chi connectivity index (χ1) is 8.80. The van der Waals surface area contributed by atoms with Gasteiger partial charge in [0.15, 0.2) is 0 Å². The quantitative estimate of drug-likeness (QED) is 0.612. The third-order valence-electron chi connectivity index (χ3n) is 4.55. The molecule has 3 heteroatoms. The van der Waals surface area contributed by atoms with Crippen LogP contribution in [0.1, 0.15) is 12.8 Å². The average molecular weight is 260 g/mol. The summed E-state index contributed by atoms with van der Waals surface area (Å²) in [5.41, 5.74) is 0.560. The van der Waals surface area contributed by atoms with Gasteiger partial charge >= 0.3 is 8.56 Å². The number of fused-ring (bicyclic) bond motifs is 2. The first-order valence-electron chi connectivity index (χ1n) is 6.64. The number of hydrogen-bond donors (Lipinski definition) is 0. The molecule has 1 saturated carbocycles. The van der Waals surface area contributed by atoms with E-state index in [4.69, 9.17) is 8.85 Å². The van der Waals surface area contributed by atoms with E-state index in [2.05, 4.69) is 42.5 Å². The van der Waals surface area contributed by atoms with Crippen LogP contribution in [0.4, 0.5) is 0 Å². The lowest BCUT2D eigenvalue weighted by Crippen LogP contribution is -2.57. The Kier molecular flexibility index (Phi) is 3.14. The number of hydrogen-bond acceptors (Lipinski definition) is 2. The van der Waals surface area contributed by atoms with Crippen molar-refractivity contribution in [3.63, 3.8) is 0 Å². The van der Waals surface area contributed by atoms with Crippen LogP contribution in [0.15, 0.2) is 42.5 Å². The van der Waals surface area contributed by atoms with Crippen LogP contribution < -0.4 is 5.19 Å². The molecule has 0 amide bonds. The molecule has 1 aromatic carbocycles. The molecular formula is C15H20O2Si. The van der Waals surface area contributed by atoms with Gasteiger partial charge < -0.3 is 8.85 Å². The summed E-state index contributed by atoms with van der Waals surface area (Å²) in [6, 6.07) is 10.5. The van der Waals surface area contributed by atoms with Gasteiger partial charge in [-0.25, -0.2) is 0 Å². The maximum atomic E-state index is 5.99. The van der Waals surface area contributed by atoms with Crippen LogP contribution in [0.25, 0.3) is 0 Å².